The molecule has 0 radical (unpaired) electrons. The van der Waals surface area contributed by atoms with E-state index in [0.29, 0.717) is 11.6 Å². The summed E-state index contributed by atoms with van der Waals surface area (Å²) in [6.45, 7) is 9.28. The van der Waals surface area contributed by atoms with Gasteiger partial charge in [-0.05, 0) is 44.8 Å². The molecule has 1 heterocycles. The van der Waals surface area contributed by atoms with E-state index in [1.165, 1.54) is 24.4 Å². The third kappa shape index (κ3) is 3.98. The highest BCUT2D eigenvalue weighted by Crippen LogP contribution is 2.35. The number of hydrogen-bond acceptors (Lipinski definition) is 6. The maximum absolute atomic E-state index is 5.83. The Morgan fingerprint density at radius 1 is 1.53 bits per heavy atom. The van der Waals surface area contributed by atoms with E-state index in [1.54, 1.807) is 0 Å². The molecule has 6 heteroatoms. The summed E-state index contributed by atoms with van der Waals surface area (Å²) in [6.07, 6.45) is 2.81. The molecule has 0 aliphatic heterocycles. The van der Waals surface area contributed by atoms with Crippen molar-refractivity contribution in [1.29, 1.82) is 0 Å². The third-order valence-corrected chi connectivity index (χ3v) is 3.98. The Balaban J connectivity index is 1.84. The van der Waals surface area contributed by atoms with E-state index >= 15 is 0 Å². The molecule has 1 fully saturated rings. The quantitative estimate of drug-likeness (QED) is 0.767. The Bertz CT molecular complexity index is 403. The first-order valence-electron chi connectivity index (χ1n) is 7.01. The van der Waals surface area contributed by atoms with E-state index in [1.807, 2.05) is 13.8 Å². The Morgan fingerprint density at radius 3 is 2.84 bits per heavy atom. The minimum Gasteiger partial charge on any atom is -0.484 e. The zero-order valence-corrected chi connectivity index (χ0v) is 12.8. The number of nitrogen functional groups attached to an aromatic ring is 1. The van der Waals surface area contributed by atoms with Gasteiger partial charge in [0.2, 0.25) is 0 Å². The van der Waals surface area contributed by atoms with Crippen LogP contribution in [0.25, 0.3) is 0 Å². The van der Waals surface area contributed by atoms with Crippen molar-refractivity contribution in [3.8, 4) is 5.75 Å². The molecule has 1 aliphatic rings. The van der Waals surface area contributed by atoms with E-state index in [0.717, 1.165) is 30.7 Å². The van der Waals surface area contributed by atoms with Crippen LogP contribution in [-0.4, -0.2) is 41.1 Å². The van der Waals surface area contributed by atoms with Crippen molar-refractivity contribution in [1.82, 2.24) is 9.27 Å². The zero-order chi connectivity index (χ0) is 13.8. The molecule has 1 saturated carbocycles. The number of nitrogens with zero attached hydrogens (tertiary/aromatic N) is 2. The Labute approximate surface area is 119 Å². The molecule has 0 amide bonds. The summed E-state index contributed by atoms with van der Waals surface area (Å²) in [7, 11) is 0. The van der Waals surface area contributed by atoms with Gasteiger partial charge in [0, 0.05) is 19.1 Å². The van der Waals surface area contributed by atoms with Gasteiger partial charge >= 0.3 is 0 Å². The van der Waals surface area contributed by atoms with Crippen molar-refractivity contribution in [2.75, 3.05) is 30.7 Å². The highest BCUT2D eigenvalue weighted by Gasteiger charge is 2.27. The van der Waals surface area contributed by atoms with Gasteiger partial charge in [-0.2, -0.15) is 4.37 Å². The normalized spacial score (nSPS) is 15.2. The predicted molar refractivity (Wildman–Crippen MR) is 81.0 cm³/mol. The van der Waals surface area contributed by atoms with Crippen molar-refractivity contribution in [2.24, 2.45) is 0 Å². The Kier molecular flexibility index (Phi) is 4.87. The molecule has 0 atom stereocenters. The molecule has 3 N–H and O–H groups in total. The number of anilines is 2. The molecule has 0 bridgehead atoms. The van der Waals surface area contributed by atoms with Crippen LogP contribution in [0.4, 0.5) is 10.8 Å². The average Bonchev–Trinajstić information content (AvgIpc) is 3.14. The number of aromatic nitrogens is 1. The molecule has 108 valence electrons. The summed E-state index contributed by atoms with van der Waals surface area (Å²) in [4.78, 5) is 2.51. The lowest BCUT2D eigenvalue weighted by Crippen LogP contribution is -2.30. The fourth-order valence-corrected chi connectivity index (χ4v) is 2.78. The van der Waals surface area contributed by atoms with Crippen LogP contribution >= 0.6 is 11.5 Å². The van der Waals surface area contributed by atoms with E-state index in [2.05, 4.69) is 21.5 Å². The maximum Gasteiger partial charge on any atom is 0.197 e. The van der Waals surface area contributed by atoms with Crippen molar-refractivity contribution in [2.45, 2.75) is 45.8 Å². The fourth-order valence-electron chi connectivity index (χ4n) is 2.11. The van der Waals surface area contributed by atoms with Crippen molar-refractivity contribution >= 4 is 22.4 Å². The lowest BCUT2D eigenvalue weighted by molar-refractivity contribution is 0.245. The second-order valence-electron chi connectivity index (χ2n) is 5.18. The number of nitrogens with two attached hydrogens (primary N) is 1. The van der Waals surface area contributed by atoms with Gasteiger partial charge in [0.05, 0.1) is 6.10 Å². The van der Waals surface area contributed by atoms with E-state index < -0.39 is 0 Å². The summed E-state index contributed by atoms with van der Waals surface area (Å²) in [5.74, 6) is 1.19. The molecule has 0 aromatic carbocycles. The van der Waals surface area contributed by atoms with Gasteiger partial charge in [0.25, 0.3) is 0 Å². The fraction of sp³-hybridized carbons (Fsp3) is 0.769. The zero-order valence-electron chi connectivity index (χ0n) is 12.0. The highest BCUT2D eigenvalue weighted by atomic mass is 32.1. The SMILES string of the molecule is CCN(CCNc1snc(N)c1OC(C)C)C1CC1. The van der Waals surface area contributed by atoms with Gasteiger partial charge in [-0.15, -0.1) is 0 Å². The van der Waals surface area contributed by atoms with Crippen LogP contribution in [0.5, 0.6) is 5.75 Å². The second-order valence-corrected chi connectivity index (χ2v) is 5.95. The Morgan fingerprint density at radius 2 is 2.26 bits per heavy atom. The van der Waals surface area contributed by atoms with Crippen LogP contribution in [0.2, 0.25) is 0 Å². The molecule has 0 saturated heterocycles. The minimum atomic E-state index is 0.109. The lowest BCUT2D eigenvalue weighted by Gasteiger charge is -2.20. The van der Waals surface area contributed by atoms with Crippen LogP contribution in [0.3, 0.4) is 0 Å². The lowest BCUT2D eigenvalue weighted by atomic mass is 10.4. The molecule has 19 heavy (non-hydrogen) atoms. The van der Waals surface area contributed by atoms with Crippen molar-refractivity contribution in [3.63, 3.8) is 0 Å². The summed E-state index contributed by atoms with van der Waals surface area (Å²) in [5.41, 5.74) is 5.83. The summed E-state index contributed by atoms with van der Waals surface area (Å²) >= 11 is 1.37. The molecule has 2 rings (SSSR count). The van der Waals surface area contributed by atoms with Crippen LogP contribution in [0, 0.1) is 0 Å². The molecular formula is C13H24N4OS. The van der Waals surface area contributed by atoms with Gasteiger partial charge in [0.1, 0.15) is 0 Å². The summed E-state index contributed by atoms with van der Waals surface area (Å²) < 4.78 is 9.86. The topological polar surface area (TPSA) is 63.4 Å². The summed E-state index contributed by atoms with van der Waals surface area (Å²) in [6, 6.07) is 0.810. The Hall–Kier alpha value is -1.01. The third-order valence-electron chi connectivity index (χ3n) is 3.18. The van der Waals surface area contributed by atoms with E-state index in [-0.39, 0.29) is 6.10 Å². The smallest absolute Gasteiger partial charge is 0.197 e. The highest BCUT2D eigenvalue weighted by molar-refractivity contribution is 7.11. The monoisotopic (exact) mass is 284 g/mol. The predicted octanol–water partition coefficient (Wildman–Crippen LogP) is 2.41. The number of nitrogens with one attached hydrogen (secondary N) is 1. The van der Waals surface area contributed by atoms with Crippen LogP contribution in [0.1, 0.15) is 33.6 Å². The standard InChI is InChI=1S/C13H24N4OS/c1-4-17(10-5-6-10)8-7-15-13-11(18-9(2)3)12(14)16-19-13/h9-10,15H,4-8H2,1-3H3,(H2,14,16). The number of hydrogen-bond donors (Lipinski definition) is 2. The molecular weight excluding hydrogens is 260 g/mol. The van der Waals surface area contributed by atoms with Crippen LogP contribution in [0.15, 0.2) is 0 Å². The molecule has 1 aromatic heterocycles. The van der Waals surface area contributed by atoms with Crippen molar-refractivity contribution in [3.05, 3.63) is 0 Å². The summed E-state index contributed by atoms with van der Waals surface area (Å²) in [5, 5.41) is 4.34. The molecule has 1 aromatic rings. The van der Waals surface area contributed by atoms with E-state index in [4.69, 9.17) is 10.5 Å². The van der Waals surface area contributed by atoms with Gasteiger partial charge in [-0.3, -0.25) is 4.90 Å². The maximum atomic E-state index is 5.83. The first-order chi connectivity index (χ1) is 9.11. The number of ether oxygens (including phenoxy) is 1. The van der Waals surface area contributed by atoms with Gasteiger partial charge < -0.3 is 15.8 Å². The first-order valence-corrected chi connectivity index (χ1v) is 7.78. The average molecular weight is 284 g/mol. The van der Waals surface area contributed by atoms with Crippen LogP contribution < -0.4 is 15.8 Å². The molecule has 0 spiro atoms. The van der Waals surface area contributed by atoms with Crippen molar-refractivity contribution < 1.29 is 4.74 Å². The van der Waals surface area contributed by atoms with Gasteiger partial charge in [-0.1, -0.05) is 6.92 Å². The number of rotatable bonds is 8. The minimum absolute atomic E-state index is 0.109. The molecule has 5 nitrogen and oxygen atoms in total. The molecule has 0 unspecified atom stereocenters. The number of likely N-dealkylation sites (N-methyl/N-ethyl adjacent to an activating group) is 1. The van der Waals surface area contributed by atoms with Gasteiger partial charge in [0.15, 0.2) is 16.6 Å². The largest absolute Gasteiger partial charge is 0.484 e. The van der Waals surface area contributed by atoms with Crippen LogP contribution in [-0.2, 0) is 0 Å². The second kappa shape index (κ2) is 6.43. The van der Waals surface area contributed by atoms with Gasteiger partial charge in [-0.25, -0.2) is 0 Å². The van der Waals surface area contributed by atoms with E-state index in [9.17, 15) is 0 Å². The first kappa shape index (κ1) is 14.4. The molecule has 1 aliphatic carbocycles.